The van der Waals surface area contributed by atoms with Crippen molar-refractivity contribution in [2.24, 2.45) is 11.8 Å². The Bertz CT molecular complexity index is 343. The standard InChI is InChI=1S/C14H20O4/c15-9-12(11-5-7-17-8-6-11)10-18-14-3-1-13(16)2-4-14/h1-4,11-12,15-16H,5-10H2. The van der Waals surface area contributed by atoms with Gasteiger partial charge >= 0.3 is 0 Å². The molecule has 1 atom stereocenters. The number of ether oxygens (including phenoxy) is 2. The van der Waals surface area contributed by atoms with E-state index in [2.05, 4.69) is 0 Å². The van der Waals surface area contributed by atoms with Gasteiger partial charge in [0, 0.05) is 25.7 Å². The maximum atomic E-state index is 9.44. The predicted octanol–water partition coefficient (Wildman–Crippen LogP) is 1.81. The summed E-state index contributed by atoms with van der Waals surface area (Å²) in [5.74, 6) is 1.58. The molecule has 1 unspecified atom stereocenters. The van der Waals surface area contributed by atoms with Gasteiger partial charge in [-0.2, -0.15) is 0 Å². The van der Waals surface area contributed by atoms with E-state index in [1.807, 2.05) is 0 Å². The van der Waals surface area contributed by atoms with Gasteiger partial charge in [-0.15, -0.1) is 0 Å². The largest absolute Gasteiger partial charge is 0.508 e. The number of phenols is 1. The van der Waals surface area contributed by atoms with Crippen LogP contribution in [0.2, 0.25) is 0 Å². The smallest absolute Gasteiger partial charge is 0.119 e. The maximum absolute atomic E-state index is 9.44. The Kier molecular flexibility index (Phi) is 4.84. The lowest BCUT2D eigenvalue weighted by Gasteiger charge is -2.28. The van der Waals surface area contributed by atoms with Crippen LogP contribution in [0.1, 0.15) is 12.8 Å². The third-order valence-electron chi connectivity index (χ3n) is 3.47. The normalized spacial score (nSPS) is 18.5. The molecule has 0 spiro atoms. The summed E-state index contributed by atoms with van der Waals surface area (Å²) in [6.45, 7) is 2.20. The first-order valence-electron chi connectivity index (χ1n) is 6.40. The molecular weight excluding hydrogens is 232 g/mol. The van der Waals surface area contributed by atoms with Crippen molar-refractivity contribution < 1.29 is 19.7 Å². The van der Waals surface area contributed by atoms with E-state index in [0.29, 0.717) is 12.5 Å². The van der Waals surface area contributed by atoms with E-state index < -0.39 is 0 Å². The second-order valence-corrected chi connectivity index (χ2v) is 4.70. The summed E-state index contributed by atoms with van der Waals surface area (Å²) in [7, 11) is 0. The first kappa shape index (κ1) is 13.2. The molecule has 1 aromatic rings. The van der Waals surface area contributed by atoms with Crippen molar-refractivity contribution in [3.63, 3.8) is 0 Å². The Hall–Kier alpha value is -1.26. The highest BCUT2D eigenvalue weighted by molar-refractivity contribution is 5.30. The van der Waals surface area contributed by atoms with Crippen LogP contribution in [0.4, 0.5) is 0 Å². The molecular formula is C14H20O4. The second kappa shape index (κ2) is 6.61. The van der Waals surface area contributed by atoms with Gasteiger partial charge < -0.3 is 19.7 Å². The molecule has 4 heteroatoms. The molecule has 0 amide bonds. The number of benzene rings is 1. The van der Waals surface area contributed by atoms with E-state index in [-0.39, 0.29) is 18.3 Å². The molecule has 100 valence electrons. The second-order valence-electron chi connectivity index (χ2n) is 4.70. The Morgan fingerprint density at radius 2 is 1.89 bits per heavy atom. The predicted molar refractivity (Wildman–Crippen MR) is 67.7 cm³/mol. The summed E-state index contributed by atoms with van der Waals surface area (Å²) in [4.78, 5) is 0. The van der Waals surface area contributed by atoms with Crippen LogP contribution in [0.5, 0.6) is 11.5 Å². The molecule has 18 heavy (non-hydrogen) atoms. The first-order valence-corrected chi connectivity index (χ1v) is 6.40. The summed E-state index contributed by atoms with van der Waals surface area (Å²) in [6, 6.07) is 6.65. The van der Waals surface area contributed by atoms with Gasteiger partial charge in [-0.3, -0.25) is 0 Å². The van der Waals surface area contributed by atoms with E-state index in [0.717, 1.165) is 31.8 Å². The van der Waals surface area contributed by atoms with Gasteiger partial charge in [0.2, 0.25) is 0 Å². The van der Waals surface area contributed by atoms with E-state index in [1.54, 1.807) is 24.3 Å². The van der Waals surface area contributed by atoms with Crippen LogP contribution in [0.15, 0.2) is 24.3 Å². The van der Waals surface area contributed by atoms with Crippen LogP contribution >= 0.6 is 0 Å². The molecule has 1 fully saturated rings. The fourth-order valence-corrected chi connectivity index (χ4v) is 2.27. The SMILES string of the molecule is OCC(COc1ccc(O)cc1)C1CCOCC1. The highest BCUT2D eigenvalue weighted by Gasteiger charge is 2.24. The summed E-state index contributed by atoms with van der Waals surface area (Å²) in [5.41, 5.74) is 0. The molecule has 4 nitrogen and oxygen atoms in total. The Morgan fingerprint density at radius 3 is 2.50 bits per heavy atom. The number of rotatable bonds is 5. The minimum atomic E-state index is 0.142. The average Bonchev–Trinajstić information content (AvgIpc) is 2.43. The van der Waals surface area contributed by atoms with Crippen LogP contribution < -0.4 is 4.74 Å². The molecule has 2 N–H and O–H groups in total. The van der Waals surface area contributed by atoms with E-state index in [1.165, 1.54) is 0 Å². The van der Waals surface area contributed by atoms with Crippen molar-refractivity contribution in [1.29, 1.82) is 0 Å². The fourth-order valence-electron chi connectivity index (χ4n) is 2.27. The van der Waals surface area contributed by atoms with E-state index in [9.17, 15) is 10.2 Å². The minimum absolute atomic E-state index is 0.142. The molecule has 0 saturated carbocycles. The monoisotopic (exact) mass is 252 g/mol. The maximum Gasteiger partial charge on any atom is 0.119 e. The molecule has 0 radical (unpaired) electrons. The lowest BCUT2D eigenvalue weighted by atomic mass is 9.87. The molecule has 1 saturated heterocycles. The molecule has 0 aromatic heterocycles. The first-order chi connectivity index (χ1) is 8.79. The average molecular weight is 252 g/mol. The zero-order chi connectivity index (χ0) is 12.8. The van der Waals surface area contributed by atoms with E-state index in [4.69, 9.17) is 9.47 Å². The lowest BCUT2D eigenvalue weighted by Crippen LogP contribution is -2.30. The van der Waals surface area contributed by atoms with Crippen LogP contribution in [0.25, 0.3) is 0 Å². The number of aliphatic hydroxyl groups excluding tert-OH is 1. The molecule has 1 aliphatic heterocycles. The van der Waals surface area contributed by atoms with Crippen molar-refractivity contribution in [2.45, 2.75) is 12.8 Å². The van der Waals surface area contributed by atoms with Crippen LogP contribution in [-0.2, 0) is 4.74 Å². The van der Waals surface area contributed by atoms with Gasteiger partial charge in [-0.1, -0.05) is 0 Å². The van der Waals surface area contributed by atoms with Crippen LogP contribution in [-0.4, -0.2) is 36.6 Å². The molecule has 0 bridgehead atoms. The van der Waals surface area contributed by atoms with Gasteiger partial charge in [0.1, 0.15) is 11.5 Å². The zero-order valence-corrected chi connectivity index (χ0v) is 10.4. The summed E-state index contributed by atoms with van der Waals surface area (Å²) >= 11 is 0. The van der Waals surface area contributed by atoms with Gasteiger partial charge in [-0.05, 0) is 43.0 Å². The minimum Gasteiger partial charge on any atom is -0.508 e. The van der Waals surface area contributed by atoms with Crippen molar-refractivity contribution in [3.8, 4) is 11.5 Å². The fraction of sp³-hybridized carbons (Fsp3) is 0.571. The highest BCUT2D eigenvalue weighted by atomic mass is 16.5. The zero-order valence-electron chi connectivity index (χ0n) is 10.4. The van der Waals surface area contributed by atoms with Gasteiger partial charge in [-0.25, -0.2) is 0 Å². The van der Waals surface area contributed by atoms with Crippen LogP contribution in [0, 0.1) is 11.8 Å². The number of aliphatic hydroxyl groups is 1. The molecule has 1 aliphatic rings. The van der Waals surface area contributed by atoms with Crippen molar-refractivity contribution >= 4 is 0 Å². The Balaban J connectivity index is 1.84. The number of hydrogen-bond acceptors (Lipinski definition) is 4. The van der Waals surface area contributed by atoms with E-state index >= 15 is 0 Å². The summed E-state index contributed by atoms with van der Waals surface area (Å²) in [6.07, 6.45) is 1.98. The highest BCUT2D eigenvalue weighted by Crippen LogP contribution is 2.25. The number of aromatic hydroxyl groups is 1. The number of phenolic OH excluding ortho intramolecular Hbond substituents is 1. The molecule has 2 rings (SSSR count). The molecule has 0 aliphatic carbocycles. The van der Waals surface area contributed by atoms with Gasteiger partial charge in [0.15, 0.2) is 0 Å². The van der Waals surface area contributed by atoms with Crippen molar-refractivity contribution in [1.82, 2.24) is 0 Å². The third kappa shape index (κ3) is 3.62. The molecule has 1 aromatic carbocycles. The summed E-state index contributed by atoms with van der Waals surface area (Å²) < 4.78 is 11.0. The Labute approximate surface area is 107 Å². The van der Waals surface area contributed by atoms with Gasteiger partial charge in [0.05, 0.1) is 6.61 Å². The third-order valence-corrected chi connectivity index (χ3v) is 3.47. The quantitative estimate of drug-likeness (QED) is 0.839. The molecule has 1 heterocycles. The van der Waals surface area contributed by atoms with Gasteiger partial charge in [0.25, 0.3) is 0 Å². The van der Waals surface area contributed by atoms with Crippen molar-refractivity contribution in [2.75, 3.05) is 26.4 Å². The number of hydrogen-bond donors (Lipinski definition) is 2. The lowest BCUT2D eigenvalue weighted by molar-refractivity contribution is 0.0199. The summed E-state index contributed by atoms with van der Waals surface area (Å²) in [5, 5.41) is 18.6. The van der Waals surface area contributed by atoms with Crippen LogP contribution in [0.3, 0.4) is 0 Å². The van der Waals surface area contributed by atoms with Crippen molar-refractivity contribution in [3.05, 3.63) is 24.3 Å². The topological polar surface area (TPSA) is 58.9 Å². The Morgan fingerprint density at radius 1 is 1.22 bits per heavy atom.